The molecule has 0 aliphatic carbocycles. The van der Waals surface area contributed by atoms with Crippen LogP contribution >= 0.6 is 0 Å². The fourth-order valence-electron chi connectivity index (χ4n) is 2.84. The lowest BCUT2D eigenvalue weighted by atomic mass is 10.0. The average Bonchev–Trinajstić information content (AvgIpc) is 2.73. The third-order valence-electron chi connectivity index (χ3n) is 4.26. The third kappa shape index (κ3) is 7.62. The maximum Gasteiger partial charge on any atom is 0.328 e. The molecule has 0 radical (unpaired) electrons. The average molecular weight is 394 g/mol. The van der Waals surface area contributed by atoms with E-state index in [0.29, 0.717) is 6.42 Å². The first kappa shape index (κ1) is 21.9. The van der Waals surface area contributed by atoms with Crippen molar-refractivity contribution in [3.05, 3.63) is 77.9 Å². The van der Waals surface area contributed by atoms with Crippen molar-refractivity contribution >= 4 is 23.9 Å². The molecule has 0 saturated carbocycles. The minimum Gasteiger partial charge on any atom is -0.467 e. The fraction of sp³-hybridized carbons (Fsp3) is 0.261. The van der Waals surface area contributed by atoms with Crippen LogP contribution in [-0.4, -0.2) is 37.0 Å². The monoisotopic (exact) mass is 394 g/mol. The largest absolute Gasteiger partial charge is 0.467 e. The van der Waals surface area contributed by atoms with Gasteiger partial charge in [0.25, 0.3) is 0 Å². The zero-order valence-corrected chi connectivity index (χ0v) is 16.6. The Balaban J connectivity index is 2.07. The fourth-order valence-corrected chi connectivity index (χ4v) is 2.84. The van der Waals surface area contributed by atoms with Gasteiger partial charge in [0, 0.05) is 13.3 Å². The lowest BCUT2D eigenvalue weighted by molar-refractivity contribution is -0.145. The molecule has 0 bridgehead atoms. The molecule has 0 aliphatic heterocycles. The molecule has 2 amide bonds. The normalized spacial score (nSPS) is 12.8. The van der Waals surface area contributed by atoms with Crippen LogP contribution in [0, 0.1) is 0 Å². The highest BCUT2D eigenvalue weighted by atomic mass is 16.5. The number of nitrogens with one attached hydrogen (secondary N) is 2. The molecule has 0 fully saturated rings. The lowest BCUT2D eigenvalue weighted by Gasteiger charge is -2.21. The molecule has 152 valence electrons. The molecule has 6 nitrogen and oxygen atoms in total. The molecular weight excluding hydrogens is 368 g/mol. The molecular formula is C23H26N2O4. The van der Waals surface area contributed by atoms with Crippen LogP contribution in [0.4, 0.5) is 0 Å². The van der Waals surface area contributed by atoms with Gasteiger partial charge in [-0.05, 0) is 17.5 Å². The maximum atomic E-state index is 12.8. The van der Waals surface area contributed by atoms with Gasteiger partial charge in [-0.15, -0.1) is 0 Å². The molecule has 2 N–H and O–H groups in total. The van der Waals surface area contributed by atoms with E-state index in [2.05, 4.69) is 10.6 Å². The van der Waals surface area contributed by atoms with Crippen molar-refractivity contribution in [3.8, 4) is 0 Å². The van der Waals surface area contributed by atoms with Crippen molar-refractivity contribution in [2.24, 2.45) is 0 Å². The molecule has 0 aliphatic rings. The van der Waals surface area contributed by atoms with E-state index in [0.717, 1.165) is 11.1 Å². The zero-order valence-electron chi connectivity index (χ0n) is 16.6. The molecule has 0 heterocycles. The summed E-state index contributed by atoms with van der Waals surface area (Å²) >= 11 is 0. The lowest BCUT2D eigenvalue weighted by Crippen LogP contribution is -2.52. The first-order valence-corrected chi connectivity index (χ1v) is 9.40. The minimum atomic E-state index is -0.848. The summed E-state index contributed by atoms with van der Waals surface area (Å²) in [6.45, 7) is 1.35. The number of methoxy groups -OCH3 is 1. The first-order chi connectivity index (χ1) is 14.0. The predicted octanol–water partition coefficient (Wildman–Crippen LogP) is 2.50. The van der Waals surface area contributed by atoms with Crippen molar-refractivity contribution in [2.75, 3.05) is 7.11 Å². The number of carbonyl (C=O) groups is 3. The van der Waals surface area contributed by atoms with E-state index >= 15 is 0 Å². The van der Waals surface area contributed by atoms with Crippen LogP contribution in [0.2, 0.25) is 0 Å². The second-order valence-electron chi connectivity index (χ2n) is 6.58. The van der Waals surface area contributed by atoms with Crippen LogP contribution in [0.15, 0.2) is 66.7 Å². The number of benzene rings is 2. The zero-order chi connectivity index (χ0) is 21.1. The Morgan fingerprint density at radius 3 is 2.14 bits per heavy atom. The number of hydrogen-bond donors (Lipinski definition) is 2. The summed E-state index contributed by atoms with van der Waals surface area (Å²) < 4.78 is 4.82. The second-order valence-corrected chi connectivity index (χ2v) is 6.58. The van der Waals surface area contributed by atoms with Gasteiger partial charge in [-0.2, -0.15) is 0 Å². The Labute approximate surface area is 171 Å². The molecule has 0 spiro atoms. The van der Waals surface area contributed by atoms with Crippen LogP contribution < -0.4 is 10.6 Å². The van der Waals surface area contributed by atoms with Gasteiger partial charge in [-0.1, -0.05) is 72.8 Å². The van der Waals surface area contributed by atoms with Gasteiger partial charge in [0.15, 0.2) is 0 Å². The van der Waals surface area contributed by atoms with Crippen LogP contribution in [0.5, 0.6) is 0 Å². The van der Waals surface area contributed by atoms with E-state index in [1.54, 1.807) is 0 Å². The summed E-state index contributed by atoms with van der Waals surface area (Å²) in [5, 5.41) is 5.35. The standard InChI is InChI=1S/C23H26N2O4/c1-17(26)24-21(16-19-12-7-4-8-13-19)22(27)25-20(23(28)29-2)15-9-14-18-10-5-3-6-11-18/h3-14,20-21H,15-16H2,1-2H3,(H,24,26)(H,25,27)/b14-9+/t20-,21-/m0/s1. The Morgan fingerprint density at radius 1 is 0.931 bits per heavy atom. The van der Waals surface area contributed by atoms with E-state index in [9.17, 15) is 14.4 Å². The number of hydrogen-bond acceptors (Lipinski definition) is 4. The van der Waals surface area contributed by atoms with Gasteiger partial charge in [-0.3, -0.25) is 9.59 Å². The van der Waals surface area contributed by atoms with Crippen LogP contribution in [0.1, 0.15) is 24.5 Å². The second kappa shape index (κ2) is 11.4. The predicted molar refractivity (Wildman–Crippen MR) is 112 cm³/mol. The first-order valence-electron chi connectivity index (χ1n) is 9.40. The number of rotatable bonds is 9. The topological polar surface area (TPSA) is 84.5 Å². The molecule has 0 unspecified atom stereocenters. The van der Waals surface area contributed by atoms with E-state index < -0.39 is 24.0 Å². The molecule has 2 aromatic rings. The Bertz CT molecular complexity index is 834. The summed E-state index contributed by atoms with van der Waals surface area (Å²) in [6, 6.07) is 17.4. The summed E-state index contributed by atoms with van der Waals surface area (Å²) in [5.41, 5.74) is 1.89. The number of ether oxygens (including phenoxy) is 1. The van der Waals surface area contributed by atoms with Gasteiger partial charge < -0.3 is 15.4 Å². The van der Waals surface area contributed by atoms with Gasteiger partial charge in [0.2, 0.25) is 11.8 Å². The highest BCUT2D eigenvalue weighted by Crippen LogP contribution is 2.07. The van der Waals surface area contributed by atoms with Crippen molar-refractivity contribution < 1.29 is 19.1 Å². The number of carbonyl (C=O) groups excluding carboxylic acids is 3. The quantitative estimate of drug-likeness (QED) is 0.640. The van der Waals surface area contributed by atoms with E-state index in [-0.39, 0.29) is 12.3 Å². The minimum absolute atomic E-state index is 0.269. The smallest absolute Gasteiger partial charge is 0.328 e. The van der Waals surface area contributed by atoms with Crippen LogP contribution in [-0.2, 0) is 25.5 Å². The van der Waals surface area contributed by atoms with Crippen molar-refractivity contribution in [2.45, 2.75) is 31.8 Å². The Morgan fingerprint density at radius 2 is 1.55 bits per heavy atom. The van der Waals surface area contributed by atoms with Gasteiger partial charge >= 0.3 is 5.97 Å². The van der Waals surface area contributed by atoms with Crippen LogP contribution in [0.25, 0.3) is 6.08 Å². The van der Waals surface area contributed by atoms with Crippen LogP contribution in [0.3, 0.4) is 0 Å². The van der Waals surface area contributed by atoms with E-state index in [4.69, 9.17) is 4.74 Å². The molecule has 0 saturated heterocycles. The molecule has 2 atom stereocenters. The van der Waals surface area contributed by atoms with Crippen molar-refractivity contribution in [1.82, 2.24) is 10.6 Å². The summed E-state index contributed by atoms with van der Waals surface area (Å²) in [6.07, 6.45) is 4.27. The molecule has 2 rings (SSSR count). The third-order valence-corrected chi connectivity index (χ3v) is 4.26. The highest BCUT2D eigenvalue weighted by molar-refractivity contribution is 5.90. The van der Waals surface area contributed by atoms with Crippen molar-refractivity contribution in [3.63, 3.8) is 0 Å². The summed E-state index contributed by atoms with van der Waals surface area (Å²) in [5.74, 6) is -1.30. The SMILES string of the molecule is COC(=O)[C@H](C/C=C/c1ccccc1)NC(=O)[C@H](Cc1ccccc1)NC(C)=O. The molecule has 2 aromatic carbocycles. The summed E-state index contributed by atoms with van der Waals surface area (Å²) in [4.78, 5) is 36.5. The molecule has 0 aromatic heterocycles. The van der Waals surface area contributed by atoms with Gasteiger partial charge in [0.05, 0.1) is 7.11 Å². The van der Waals surface area contributed by atoms with Gasteiger partial charge in [0.1, 0.15) is 12.1 Å². The highest BCUT2D eigenvalue weighted by Gasteiger charge is 2.26. The summed E-state index contributed by atoms with van der Waals surface area (Å²) in [7, 11) is 1.28. The van der Waals surface area contributed by atoms with Crippen molar-refractivity contribution in [1.29, 1.82) is 0 Å². The molecule has 29 heavy (non-hydrogen) atoms. The number of esters is 1. The number of amides is 2. The molecule has 6 heteroatoms. The van der Waals surface area contributed by atoms with E-state index in [1.807, 2.05) is 72.8 Å². The maximum absolute atomic E-state index is 12.8. The Hall–Kier alpha value is -3.41. The van der Waals surface area contributed by atoms with E-state index in [1.165, 1.54) is 14.0 Å². The van der Waals surface area contributed by atoms with Gasteiger partial charge in [-0.25, -0.2) is 4.79 Å². The Kier molecular flexibility index (Phi) is 8.63.